The van der Waals surface area contributed by atoms with Gasteiger partial charge in [-0.3, -0.25) is 9.69 Å². The maximum atomic E-state index is 12.5. The fraction of sp³-hybridized carbons (Fsp3) is 0.389. The molecule has 2 heterocycles. The molecule has 1 aromatic carbocycles. The van der Waals surface area contributed by atoms with E-state index in [4.69, 9.17) is 9.78 Å². The summed E-state index contributed by atoms with van der Waals surface area (Å²) in [4.78, 5) is 16.6. The summed E-state index contributed by atoms with van der Waals surface area (Å²) in [5.74, 6) is 0.586. The lowest BCUT2D eigenvalue weighted by atomic mass is 10.1. The predicted octanol–water partition coefficient (Wildman–Crippen LogP) is 2.20. The lowest BCUT2D eigenvalue weighted by Gasteiger charge is -2.21. The van der Waals surface area contributed by atoms with Crippen molar-refractivity contribution >= 4 is 5.91 Å². The van der Waals surface area contributed by atoms with Gasteiger partial charge in [0.05, 0.1) is 11.6 Å². The summed E-state index contributed by atoms with van der Waals surface area (Å²) in [6.07, 6.45) is 0.929. The van der Waals surface area contributed by atoms with Gasteiger partial charge in [-0.2, -0.15) is 5.26 Å². The van der Waals surface area contributed by atoms with Gasteiger partial charge >= 0.3 is 0 Å². The van der Waals surface area contributed by atoms with Gasteiger partial charge in [0.1, 0.15) is 5.76 Å². The smallest absolute Gasteiger partial charge is 0.276 e. The van der Waals surface area contributed by atoms with Crippen molar-refractivity contribution in [1.29, 1.82) is 5.26 Å². The van der Waals surface area contributed by atoms with Crippen LogP contribution in [0.5, 0.6) is 0 Å². The normalized spacial score (nSPS) is 15.8. The summed E-state index contributed by atoms with van der Waals surface area (Å²) < 4.78 is 5.00. The fourth-order valence-corrected chi connectivity index (χ4v) is 2.90. The van der Waals surface area contributed by atoms with Crippen molar-refractivity contribution in [1.82, 2.24) is 15.0 Å². The van der Waals surface area contributed by atoms with Crippen LogP contribution >= 0.6 is 0 Å². The number of hydrogen-bond donors (Lipinski definition) is 0. The number of aromatic nitrogens is 1. The Bertz CT molecular complexity index is 745. The molecule has 0 bridgehead atoms. The maximum Gasteiger partial charge on any atom is 0.276 e. The van der Waals surface area contributed by atoms with E-state index in [9.17, 15) is 4.79 Å². The molecule has 6 nitrogen and oxygen atoms in total. The van der Waals surface area contributed by atoms with Gasteiger partial charge in [-0.15, -0.1) is 0 Å². The highest BCUT2D eigenvalue weighted by Crippen LogP contribution is 2.13. The molecule has 2 aromatic rings. The summed E-state index contributed by atoms with van der Waals surface area (Å²) >= 11 is 0. The molecular weight excluding hydrogens is 304 g/mol. The third-order valence-corrected chi connectivity index (χ3v) is 4.21. The van der Waals surface area contributed by atoms with Crippen LogP contribution in [0.4, 0.5) is 0 Å². The van der Waals surface area contributed by atoms with Crippen LogP contribution in [0.25, 0.3) is 0 Å². The number of aryl methyl sites for hydroxylation is 1. The molecule has 1 aromatic heterocycles. The first-order valence-corrected chi connectivity index (χ1v) is 8.10. The number of rotatable bonds is 3. The monoisotopic (exact) mass is 324 g/mol. The average molecular weight is 324 g/mol. The lowest BCUT2D eigenvalue weighted by Crippen LogP contribution is -2.35. The van der Waals surface area contributed by atoms with E-state index in [0.717, 1.165) is 32.6 Å². The van der Waals surface area contributed by atoms with Gasteiger partial charge in [0.15, 0.2) is 5.69 Å². The molecule has 0 N–H and O–H groups in total. The molecule has 0 unspecified atom stereocenters. The zero-order chi connectivity index (χ0) is 16.9. The Labute approximate surface area is 141 Å². The molecule has 24 heavy (non-hydrogen) atoms. The molecule has 0 atom stereocenters. The molecule has 124 valence electrons. The van der Waals surface area contributed by atoms with E-state index < -0.39 is 0 Å². The van der Waals surface area contributed by atoms with Crippen molar-refractivity contribution in [3.05, 3.63) is 52.9 Å². The van der Waals surface area contributed by atoms with Gasteiger partial charge in [0.25, 0.3) is 5.91 Å². The molecule has 1 aliphatic rings. The van der Waals surface area contributed by atoms with Crippen molar-refractivity contribution in [2.75, 3.05) is 26.2 Å². The summed E-state index contributed by atoms with van der Waals surface area (Å²) in [5, 5.41) is 12.7. The summed E-state index contributed by atoms with van der Waals surface area (Å²) in [7, 11) is 0. The van der Waals surface area contributed by atoms with E-state index >= 15 is 0 Å². The Morgan fingerprint density at radius 2 is 2.04 bits per heavy atom. The second kappa shape index (κ2) is 7.28. The number of nitriles is 1. The third kappa shape index (κ3) is 3.81. The first kappa shape index (κ1) is 16.2. The van der Waals surface area contributed by atoms with E-state index in [1.807, 2.05) is 29.2 Å². The molecule has 3 rings (SSSR count). The highest BCUT2D eigenvalue weighted by molar-refractivity contribution is 5.92. The Balaban J connectivity index is 1.58. The quantitative estimate of drug-likeness (QED) is 0.865. The maximum absolute atomic E-state index is 12.5. The van der Waals surface area contributed by atoms with Gasteiger partial charge in [-0.25, -0.2) is 0 Å². The average Bonchev–Trinajstić information content (AvgIpc) is 2.90. The van der Waals surface area contributed by atoms with Crippen LogP contribution in [0, 0.1) is 18.3 Å². The number of carbonyl (C=O) groups excluding carboxylic acids is 1. The Morgan fingerprint density at radius 3 is 2.71 bits per heavy atom. The second-order valence-corrected chi connectivity index (χ2v) is 6.05. The van der Waals surface area contributed by atoms with Gasteiger partial charge in [0.2, 0.25) is 0 Å². The molecule has 1 aliphatic heterocycles. The van der Waals surface area contributed by atoms with Gasteiger partial charge in [-0.05, 0) is 31.0 Å². The summed E-state index contributed by atoms with van der Waals surface area (Å²) in [6, 6.07) is 11.5. The van der Waals surface area contributed by atoms with E-state index in [0.29, 0.717) is 23.6 Å². The number of nitrogens with zero attached hydrogens (tertiary/aromatic N) is 4. The van der Waals surface area contributed by atoms with Crippen LogP contribution in [0.15, 0.2) is 34.9 Å². The highest BCUT2D eigenvalue weighted by atomic mass is 16.5. The highest BCUT2D eigenvalue weighted by Gasteiger charge is 2.22. The molecular formula is C18H20N4O2. The number of carbonyl (C=O) groups is 1. The topological polar surface area (TPSA) is 73.4 Å². The van der Waals surface area contributed by atoms with Crippen molar-refractivity contribution < 1.29 is 9.32 Å². The zero-order valence-corrected chi connectivity index (χ0v) is 13.7. The molecule has 0 radical (unpaired) electrons. The summed E-state index contributed by atoms with van der Waals surface area (Å²) in [6.45, 7) is 5.79. The van der Waals surface area contributed by atoms with Crippen molar-refractivity contribution in [2.45, 2.75) is 19.9 Å². The van der Waals surface area contributed by atoms with Crippen LogP contribution in [-0.4, -0.2) is 47.0 Å². The van der Waals surface area contributed by atoms with Gasteiger partial charge in [-0.1, -0.05) is 17.3 Å². The van der Waals surface area contributed by atoms with E-state index in [1.165, 1.54) is 5.56 Å². The Hall–Kier alpha value is -2.65. The minimum absolute atomic E-state index is 0.0629. The Kier molecular flexibility index (Phi) is 4.92. The largest absolute Gasteiger partial charge is 0.361 e. The van der Waals surface area contributed by atoms with E-state index in [-0.39, 0.29) is 5.91 Å². The lowest BCUT2D eigenvalue weighted by molar-refractivity contribution is 0.0750. The van der Waals surface area contributed by atoms with Crippen LogP contribution in [0.1, 0.15) is 33.8 Å². The summed E-state index contributed by atoms with van der Waals surface area (Å²) in [5.41, 5.74) is 2.24. The first-order chi connectivity index (χ1) is 11.7. The zero-order valence-electron chi connectivity index (χ0n) is 13.7. The minimum atomic E-state index is -0.0629. The van der Waals surface area contributed by atoms with Gasteiger partial charge < -0.3 is 9.42 Å². The Morgan fingerprint density at radius 1 is 1.25 bits per heavy atom. The molecule has 6 heteroatoms. The van der Waals surface area contributed by atoms with Crippen molar-refractivity contribution in [3.8, 4) is 6.07 Å². The first-order valence-electron chi connectivity index (χ1n) is 8.10. The van der Waals surface area contributed by atoms with Crippen molar-refractivity contribution in [3.63, 3.8) is 0 Å². The second-order valence-electron chi connectivity index (χ2n) is 6.05. The van der Waals surface area contributed by atoms with Crippen molar-refractivity contribution in [2.24, 2.45) is 0 Å². The van der Waals surface area contributed by atoms with Crippen LogP contribution < -0.4 is 0 Å². The molecule has 1 amide bonds. The van der Waals surface area contributed by atoms with Gasteiger partial charge in [0, 0.05) is 38.8 Å². The molecule has 1 saturated heterocycles. The number of benzene rings is 1. The third-order valence-electron chi connectivity index (χ3n) is 4.21. The van der Waals surface area contributed by atoms with Crippen LogP contribution in [-0.2, 0) is 6.54 Å². The van der Waals surface area contributed by atoms with E-state index in [1.54, 1.807) is 13.0 Å². The van der Waals surface area contributed by atoms with E-state index in [2.05, 4.69) is 16.1 Å². The fourth-order valence-electron chi connectivity index (χ4n) is 2.90. The molecule has 0 aliphatic carbocycles. The SMILES string of the molecule is Cc1cc(C(=O)N2CCCN(Cc3ccc(C#N)cc3)CC2)no1. The standard InChI is InChI=1S/C18H20N4O2/c1-14-11-17(20-24-14)18(23)22-8-2-7-21(9-10-22)13-16-5-3-15(12-19)4-6-16/h3-6,11H,2,7-10,13H2,1H3. The number of amides is 1. The molecule has 1 fully saturated rings. The minimum Gasteiger partial charge on any atom is -0.361 e. The van der Waals surface area contributed by atoms with Crippen LogP contribution in [0.3, 0.4) is 0 Å². The molecule has 0 spiro atoms. The number of hydrogen-bond acceptors (Lipinski definition) is 5. The van der Waals surface area contributed by atoms with Crippen LogP contribution in [0.2, 0.25) is 0 Å². The predicted molar refractivity (Wildman–Crippen MR) is 88.2 cm³/mol. The molecule has 0 saturated carbocycles.